The molecule has 0 saturated carbocycles. The van der Waals surface area contributed by atoms with Crippen LogP contribution in [-0.2, 0) is 16.6 Å². The monoisotopic (exact) mass is 510 g/mol. The number of fused-ring (bicyclic) bond motifs is 1. The molecule has 3 rings (SSSR count). The van der Waals surface area contributed by atoms with Gasteiger partial charge in [0.2, 0.25) is 10.0 Å². The molecule has 1 unspecified atom stereocenters. The summed E-state index contributed by atoms with van der Waals surface area (Å²) in [7, 11) is -3.62. The molecular weight excluding hydrogens is 483 g/mol. The quantitative estimate of drug-likeness (QED) is 0.465. The highest BCUT2D eigenvalue weighted by atomic mass is 127. The van der Waals surface area contributed by atoms with Crippen LogP contribution in [-0.4, -0.2) is 19.0 Å². The maximum absolute atomic E-state index is 13.3. The van der Waals surface area contributed by atoms with E-state index < -0.39 is 10.0 Å². The number of halogens is 1. The van der Waals surface area contributed by atoms with Gasteiger partial charge in [-0.25, -0.2) is 13.1 Å². The van der Waals surface area contributed by atoms with Crippen molar-refractivity contribution in [3.8, 4) is 0 Å². The molecule has 0 fully saturated rings. The first-order valence-corrected chi connectivity index (χ1v) is 12.0. The van der Waals surface area contributed by atoms with Crippen molar-refractivity contribution < 1.29 is 8.42 Å². The van der Waals surface area contributed by atoms with E-state index in [4.69, 9.17) is 0 Å². The lowest BCUT2D eigenvalue weighted by atomic mass is 10.1. The predicted octanol–water partition coefficient (Wildman–Crippen LogP) is 5.17. The van der Waals surface area contributed by atoms with Crippen LogP contribution >= 0.6 is 22.6 Å². The number of hydrogen-bond donors (Lipinski definition) is 1. The van der Waals surface area contributed by atoms with Gasteiger partial charge in [-0.15, -0.1) is 0 Å². The van der Waals surface area contributed by atoms with Crippen molar-refractivity contribution in [3.63, 3.8) is 0 Å². The lowest BCUT2D eigenvalue weighted by Crippen LogP contribution is -2.42. The van der Waals surface area contributed by atoms with Gasteiger partial charge >= 0.3 is 0 Å². The molecule has 0 aliphatic carbocycles. The van der Waals surface area contributed by atoms with Gasteiger partial charge in [0.25, 0.3) is 0 Å². The minimum Gasteiger partial charge on any atom is -0.334 e. The smallest absolute Gasteiger partial charge is 0.241 e. The van der Waals surface area contributed by atoms with Crippen LogP contribution in [0.4, 0.5) is 0 Å². The van der Waals surface area contributed by atoms with E-state index in [1.807, 2.05) is 45.0 Å². The highest BCUT2D eigenvalue weighted by Gasteiger charge is 2.26. The van der Waals surface area contributed by atoms with Crippen molar-refractivity contribution in [1.29, 1.82) is 0 Å². The van der Waals surface area contributed by atoms with Crippen LogP contribution in [0, 0.1) is 30.4 Å². The van der Waals surface area contributed by atoms with Crippen molar-refractivity contribution in [2.24, 2.45) is 5.92 Å². The summed E-state index contributed by atoms with van der Waals surface area (Å²) in [6, 6.07) is 14.0. The molecule has 1 N–H and O–H groups in total. The van der Waals surface area contributed by atoms with E-state index in [-0.39, 0.29) is 12.0 Å². The maximum Gasteiger partial charge on any atom is 0.241 e. The Morgan fingerprint density at radius 1 is 1.04 bits per heavy atom. The van der Waals surface area contributed by atoms with Crippen LogP contribution in [0.25, 0.3) is 10.9 Å². The summed E-state index contributed by atoms with van der Waals surface area (Å²) >= 11 is 2.32. The van der Waals surface area contributed by atoms with E-state index in [2.05, 4.69) is 63.9 Å². The average Bonchev–Trinajstić information content (AvgIpc) is 2.88. The highest BCUT2D eigenvalue weighted by molar-refractivity contribution is 14.1. The number of nitrogens with one attached hydrogen (secondary N) is 1. The number of para-hydroxylation sites is 1. The molecule has 0 amide bonds. The normalized spacial score (nSPS) is 13.4. The van der Waals surface area contributed by atoms with E-state index in [1.54, 1.807) is 0 Å². The topological polar surface area (TPSA) is 51.1 Å². The van der Waals surface area contributed by atoms with Crippen LogP contribution < -0.4 is 4.72 Å². The standard InChI is InChI=1S/C22H27IN2O2S/c1-14(2)19(13-25-20-9-7-6-8-18(20)12-21(25)23)24-28(26,27)22-16(4)10-15(3)11-17(22)5/h6-12,14,19,24H,13H2,1-5H3. The molecule has 0 aliphatic rings. The summed E-state index contributed by atoms with van der Waals surface area (Å²) in [6.07, 6.45) is 0. The summed E-state index contributed by atoms with van der Waals surface area (Å²) in [6.45, 7) is 10.4. The maximum atomic E-state index is 13.3. The third-order valence-corrected chi connectivity index (χ3v) is 7.81. The Hall–Kier alpha value is -1.38. The van der Waals surface area contributed by atoms with Crippen LogP contribution in [0.3, 0.4) is 0 Å². The molecular formula is C22H27IN2O2S. The Kier molecular flexibility index (Phi) is 6.22. The molecule has 0 spiro atoms. The van der Waals surface area contributed by atoms with Gasteiger partial charge in [0, 0.05) is 23.5 Å². The summed E-state index contributed by atoms with van der Waals surface area (Å²) < 4.78 is 32.8. The second-order valence-corrected chi connectivity index (χ2v) is 10.6. The minimum atomic E-state index is -3.62. The van der Waals surface area contributed by atoms with Gasteiger partial charge in [0.05, 0.1) is 8.60 Å². The van der Waals surface area contributed by atoms with Gasteiger partial charge in [-0.3, -0.25) is 0 Å². The van der Waals surface area contributed by atoms with Gasteiger partial charge in [0.1, 0.15) is 0 Å². The van der Waals surface area contributed by atoms with Crippen LogP contribution in [0.15, 0.2) is 47.4 Å². The summed E-state index contributed by atoms with van der Waals surface area (Å²) in [5.41, 5.74) is 3.77. The molecule has 6 heteroatoms. The van der Waals surface area contributed by atoms with E-state index in [0.717, 1.165) is 25.9 Å². The molecule has 0 bridgehead atoms. The molecule has 1 heterocycles. The Balaban J connectivity index is 1.97. The number of benzene rings is 2. The SMILES string of the molecule is Cc1cc(C)c(S(=O)(=O)NC(Cn2c(I)cc3ccccc32)C(C)C)c(C)c1. The second kappa shape index (κ2) is 8.16. The molecule has 4 nitrogen and oxygen atoms in total. The van der Waals surface area contributed by atoms with Crippen LogP contribution in [0.1, 0.15) is 30.5 Å². The van der Waals surface area contributed by atoms with Gasteiger partial charge in [-0.1, -0.05) is 49.7 Å². The van der Waals surface area contributed by atoms with Gasteiger partial charge < -0.3 is 4.57 Å². The molecule has 0 saturated heterocycles. The lowest BCUT2D eigenvalue weighted by molar-refractivity contribution is 0.400. The largest absolute Gasteiger partial charge is 0.334 e. The summed E-state index contributed by atoms with van der Waals surface area (Å²) in [5.74, 6) is 0.151. The number of sulfonamides is 1. The van der Waals surface area contributed by atoms with Gasteiger partial charge in [0.15, 0.2) is 0 Å². The third kappa shape index (κ3) is 4.28. The minimum absolute atomic E-state index is 0.151. The first kappa shape index (κ1) is 21.3. The number of hydrogen-bond acceptors (Lipinski definition) is 2. The van der Waals surface area contributed by atoms with Crippen molar-refractivity contribution in [2.75, 3.05) is 0 Å². The van der Waals surface area contributed by atoms with Crippen molar-refractivity contribution >= 4 is 43.5 Å². The molecule has 0 radical (unpaired) electrons. The van der Waals surface area contributed by atoms with Crippen LogP contribution in [0.2, 0.25) is 0 Å². The Morgan fingerprint density at radius 2 is 1.64 bits per heavy atom. The summed E-state index contributed by atoms with van der Waals surface area (Å²) in [4.78, 5) is 0.399. The van der Waals surface area contributed by atoms with E-state index in [1.165, 1.54) is 5.39 Å². The fourth-order valence-corrected chi connectivity index (χ4v) is 6.41. The number of rotatable bonds is 6. The highest BCUT2D eigenvalue weighted by Crippen LogP contribution is 2.25. The van der Waals surface area contributed by atoms with E-state index >= 15 is 0 Å². The Morgan fingerprint density at radius 3 is 2.25 bits per heavy atom. The molecule has 1 aromatic heterocycles. The van der Waals surface area contributed by atoms with E-state index in [9.17, 15) is 8.42 Å². The summed E-state index contributed by atoms with van der Waals surface area (Å²) in [5, 5.41) is 1.17. The predicted molar refractivity (Wildman–Crippen MR) is 124 cm³/mol. The number of nitrogens with zero attached hydrogens (tertiary/aromatic N) is 1. The van der Waals surface area contributed by atoms with Gasteiger partial charge in [-0.05, 0) is 72.5 Å². The zero-order valence-electron chi connectivity index (χ0n) is 17.0. The molecule has 3 aromatic rings. The van der Waals surface area contributed by atoms with Crippen LogP contribution in [0.5, 0.6) is 0 Å². The lowest BCUT2D eigenvalue weighted by Gasteiger charge is -2.25. The van der Waals surface area contributed by atoms with E-state index in [0.29, 0.717) is 11.4 Å². The fraction of sp³-hybridized carbons (Fsp3) is 0.364. The molecule has 0 aliphatic heterocycles. The van der Waals surface area contributed by atoms with Crippen molar-refractivity contribution in [1.82, 2.24) is 9.29 Å². The number of aryl methyl sites for hydroxylation is 3. The zero-order valence-corrected chi connectivity index (χ0v) is 19.9. The molecule has 1 atom stereocenters. The van der Waals surface area contributed by atoms with Crippen molar-refractivity contribution in [2.45, 2.75) is 52.1 Å². The molecule has 2 aromatic carbocycles. The zero-order chi connectivity index (χ0) is 20.6. The first-order valence-electron chi connectivity index (χ1n) is 9.44. The molecule has 28 heavy (non-hydrogen) atoms. The average molecular weight is 510 g/mol. The van der Waals surface area contributed by atoms with Gasteiger partial charge in [-0.2, -0.15) is 0 Å². The van der Waals surface area contributed by atoms with Crippen molar-refractivity contribution in [3.05, 3.63) is 62.9 Å². The second-order valence-electron chi connectivity index (χ2n) is 7.84. The number of aromatic nitrogens is 1. The Bertz CT molecular complexity index is 1090. The Labute approximate surface area is 181 Å². The third-order valence-electron chi connectivity index (χ3n) is 5.12. The molecule has 150 valence electrons. The first-order chi connectivity index (χ1) is 13.1. The fourth-order valence-electron chi connectivity index (χ4n) is 3.79.